The maximum atomic E-state index is 11.8. The van der Waals surface area contributed by atoms with E-state index in [2.05, 4.69) is 15.3 Å². The largest absolute Gasteiger partial charge is 0.350 e. The van der Waals surface area contributed by atoms with Crippen molar-refractivity contribution in [1.82, 2.24) is 15.3 Å². The Morgan fingerprint density at radius 3 is 2.94 bits per heavy atom. The zero-order valence-corrected chi connectivity index (χ0v) is 10.5. The lowest BCUT2D eigenvalue weighted by atomic mass is 10.2. The molecule has 1 fully saturated rings. The average Bonchev–Trinajstić information content (AvgIpc) is 3.10. The van der Waals surface area contributed by atoms with Gasteiger partial charge in [-0.1, -0.05) is 0 Å². The minimum absolute atomic E-state index is 0. The molecule has 0 bridgehead atoms. The van der Waals surface area contributed by atoms with Crippen LogP contribution in [-0.2, 0) is 0 Å². The molecule has 1 aliphatic rings. The number of carbonyl (C=O) groups excluding carboxylic acids is 1. The molecular weight excluding hydrogens is 240 g/mol. The van der Waals surface area contributed by atoms with Crippen LogP contribution in [-0.4, -0.2) is 28.5 Å². The Hall–Kier alpha value is -1.20. The smallest absolute Gasteiger partial charge is 0.254 e. The summed E-state index contributed by atoms with van der Waals surface area (Å²) in [5.41, 5.74) is 7.10. The number of nitrogens with zero attached hydrogens (tertiary/aromatic N) is 2. The number of nitrogens with two attached hydrogens (primary N) is 1. The molecule has 0 saturated heterocycles. The monoisotopic (exact) mass is 256 g/mol. The zero-order valence-electron chi connectivity index (χ0n) is 9.72. The summed E-state index contributed by atoms with van der Waals surface area (Å²) in [5.74, 6) is 0.447. The molecule has 0 aromatic carbocycles. The summed E-state index contributed by atoms with van der Waals surface area (Å²) in [6.45, 7) is 2.31. The van der Waals surface area contributed by atoms with Crippen LogP contribution >= 0.6 is 12.4 Å². The first-order valence-corrected chi connectivity index (χ1v) is 5.49. The highest BCUT2D eigenvalue weighted by Crippen LogP contribution is 2.31. The van der Waals surface area contributed by atoms with Crippen LogP contribution in [0.1, 0.15) is 28.9 Å². The van der Waals surface area contributed by atoms with Gasteiger partial charge in [0.1, 0.15) is 6.33 Å². The SMILES string of the molecule is Cc1ncncc1C(=O)NCC(N)C1CC1.Cl. The van der Waals surface area contributed by atoms with Crippen LogP contribution in [0.4, 0.5) is 0 Å². The minimum atomic E-state index is -0.144. The molecule has 0 aliphatic heterocycles. The molecule has 1 aromatic rings. The molecule has 1 atom stereocenters. The molecule has 1 unspecified atom stereocenters. The molecule has 5 nitrogen and oxygen atoms in total. The van der Waals surface area contributed by atoms with Gasteiger partial charge in [0.05, 0.1) is 11.3 Å². The van der Waals surface area contributed by atoms with Crippen molar-refractivity contribution in [3.63, 3.8) is 0 Å². The fraction of sp³-hybridized carbons (Fsp3) is 0.545. The summed E-state index contributed by atoms with van der Waals surface area (Å²) < 4.78 is 0. The zero-order chi connectivity index (χ0) is 11.5. The topological polar surface area (TPSA) is 80.9 Å². The van der Waals surface area contributed by atoms with Crippen LogP contribution in [0.3, 0.4) is 0 Å². The van der Waals surface area contributed by atoms with Gasteiger partial charge in [-0.05, 0) is 25.7 Å². The molecule has 17 heavy (non-hydrogen) atoms. The fourth-order valence-electron chi connectivity index (χ4n) is 1.61. The van der Waals surface area contributed by atoms with E-state index in [-0.39, 0.29) is 24.4 Å². The number of amides is 1. The normalized spacial score (nSPS) is 15.9. The van der Waals surface area contributed by atoms with Crippen molar-refractivity contribution in [2.75, 3.05) is 6.54 Å². The summed E-state index contributed by atoms with van der Waals surface area (Å²) >= 11 is 0. The average molecular weight is 257 g/mol. The van der Waals surface area contributed by atoms with Crippen LogP contribution < -0.4 is 11.1 Å². The highest BCUT2D eigenvalue weighted by atomic mass is 35.5. The molecule has 0 spiro atoms. The van der Waals surface area contributed by atoms with Gasteiger partial charge in [0.2, 0.25) is 0 Å². The Bertz CT molecular complexity index is 395. The van der Waals surface area contributed by atoms with E-state index in [1.807, 2.05) is 0 Å². The molecule has 1 aromatic heterocycles. The van der Waals surface area contributed by atoms with E-state index < -0.39 is 0 Å². The Morgan fingerprint density at radius 2 is 2.35 bits per heavy atom. The van der Waals surface area contributed by atoms with Crippen molar-refractivity contribution in [2.24, 2.45) is 11.7 Å². The number of nitrogens with one attached hydrogen (secondary N) is 1. The third-order valence-electron chi connectivity index (χ3n) is 2.88. The predicted molar refractivity (Wildman–Crippen MR) is 67.0 cm³/mol. The fourth-order valence-corrected chi connectivity index (χ4v) is 1.61. The van der Waals surface area contributed by atoms with Crippen molar-refractivity contribution in [3.05, 3.63) is 23.8 Å². The van der Waals surface area contributed by atoms with E-state index in [4.69, 9.17) is 5.73 Å². The first-order chi connectivity index (χ1) is 7.68. The Kier molecular flexibility index (Phi) is 4.84. The molecule has 1 heterocycles. The first kappa shape index (κ1) is 13.9. The lowest BCUT2D eigenvalue weighted by molar-refractivity contribution is 0.0949. The number of rotatable bonds is 4. The molecule has 0 radical (unpaired) electrons. The third-order valence-corrected chi connectivity index (χ3v) is 2.88. The minimum Gasteiger partial charge on any atom is -0.350 e. The molecule has 94 valence electrons. The van der Waals surface area contributed by atoms with Crippen LogP contribution in [0, 0.1) is 12.8 Å². The highest BCUT2D eigenvalue weighted by molar-refractivity contribution is 5.94. The van der Waals surface area contributed by atoms with Crippen molar-refractivity contribution in [1.29, 1.82) is 0 Å². The van der Waals surface area contributed by atoms with E-state index in [0.717, 1.165) is 0 Å². The Balaban J connectivity index is 0.00000144. The summed E-state index contributed by atoms with van der Waals surface area (Å²) in [6, 6.07) is 0.0777. The highest BCUT2D eigenvalue weighted by Gasteiger charge is 2.28. The lowest BCUT2D eigenvalue weighted by Gasteiger charge is -2.11. The number of carbonyl (C=O) groups is 1. The maximum Gasteiger partial charge on any atom is 0.254 e. The number of aromatic nitrogens is 2. The summed E-state index contributed by atoms with van der Waals surface area (Å²) in [7, 11) is 0. The quantitative estimate of drug-likeness (QED) is 0.830. The molecule has 1 amide bonds. The summed E-state index contributed by atoms with van der Waals surface area (Å²) in [5, 5.41) is 2.82. The van der Waals surface area contributed by atoms with E-state index in [9.17, 15) is 4.79 Å². The van der Waals surface area contributed by atoms with Crippen LogP contribution in [0.5, 0.6) is 0 Å². The van der Waals surface area contributed by atoms with Crippen LogP contribution in [0.2, 0.25) is 0 Å². The van der Waals surface area contributed by atoms with Gasteiger partial charge < -0.3 is 11.1 Å². The van der Waals surface area contributed by atoms with Crippen molar-refractivity contribution in [2.45, 2.75) is 25.8 Å². The second-order valence-electron chi connectivity index (χ2n) is 4.23. The Morgan fingerprint density at radius 1 is 1.65 bits per heavy atom. The van der Waals surface area contributed by atoms with Crippen molar-refractivity contribution >= 4 is 18.3 Å². The third kappa shape index (κ3) is 3.64. The van der Waals surface area contributed by atoms with Gasteiger partial charge in [0.15, 0.2) is 0 Å². The number of hydrogen-bond donors (Lipinski definition) is 2. The van der Waals surface area contributed by atoms with E-state index in [1.54, 1.807) is 6.92 Å². The summed E-state index contributed by atoms with van der Waals surface area (Å²) in [4.78, 5) is 19.6. The molecular formula is C11H17ClN4O. The maximum absolute atomic E-state index is 11.8. The summed E-state index contributed by atoms with van der Waals surface area (Å²) in [6.07, 6.45) is 5.33. The molecule has 6 heteroatoms. The second-order valence-corrected chi connectivity index (χ2v) is 4.23. The lowest BCUT2D eigenvalue weighted by Crippen LogP contribution is -2.38. The van der Waals surface area contributed by atoms with Gasteiger partial charge in [0.25, 0.3) is 5.91 Å². The second kappa shape index (κ2) is 5.93. The predicted octanol–water partition coefficient (Wildman–Crippen LogP) is 0.674. The van der Waals surface area contributed by atoms with Gasteiger partial charge in [-0.25, -0.2) is 9.97 Å². The van der Waals surface area contributed by atoms with Gasteiger partial charge in [-0.15, -0.1) is 12.4 Å². The van der Waals surface area contributed by atoms with Crippen molar-refractivity contribution in [3.8, 4) is 0 Å². The van der Waals surface area contributed by atoms with Crippen LogP contribution in [0.15, 0.2) is 12.5 Å². The van der Waals surface area contributed by atoms with E-state index >= 15 is 0 Å². The number of aryl methyl sites for hydroxylation is 1. The van der Waals surface area contributed by atoms with Gasteiger partial charge in [-0.3, -0.25) is 4.79 Å². The Labute approximate surface area is 107 Å². The van der Waals surface area contributed by atoms with Crippen LogP contribution in [0.25, 0.3) is 0 Å². The molecule has 3 N–H and O–H groups in total. The number of halogens is 1. The first-order valence-electron chi connectivity index (χ1n) is 5.49. The van der Waals surface area contributed by atoms with Gasteiger partial charge in [-0.2, -0.15) is 0 Å². The standard InChI is InChI=1S/C11H16N4O.ClH/c1-7-9(4-13-6-15-7)11(16)14-5-10(12)8-2-3-8;/h4,6,8,10H,2-3,5,12H2,1H3,(H,14,16);1H. The van der Waals surface area contributed by atoms with Gasteiger partial charge in [0, 0.05) is 18.8 Å². The molecule has 2 rings (SSSR count). The van der Waals surface area contributed by atoms with E-state index in [1.165, 1.54) is 25.4 Å². The van der Waals surface area contributed by atoms with E-state index in [0.29, 0.717) is 23.7 Å². The number of hydrogen-bond acceptors (Lipinski definition) is 4. The molecule has 1 aliphatic carbocycles. The van der Waals surface area contributed by atoms with Crippen molar-refractivity contribution < 1.29 is 4.79 Å². The van der Waals surface area contributed by atoms with Gasteiger partial charge >= 0.3 is 0 Å². The molecule has 1 saturated carbocycles.